The van der Waals surface area contributed by atoms with E-state index in [0.29, 0.717) is 5.88 Å². The van der Waals surface area contributed by atoms with Crippen molar-refractivity contribution in [2.45, 2.75) is 26.2 Å². The average Bonchev–Trinajstić information content (AvgIpc) is 2.26. The summed E-state index contributed by atoms with van der Waals surface area (Å²) in [5, 5.41) is 0. The van der Waals surface area contributed by atoms with Gasteiger partial charge in [0.2, 0.25) is 5.88 Å². The monoisotopic (exact) mass is 216 g/mol. The lowest BCUT2D eigenvalue weighted by Crippen LogP contribution is -2.10. The van der Waals surface area contributed by atoms with E-state index in [1.807, 2.05) is 6.07 Å². The van der Waals surface area contributed by atoms with Crippen LogP contribution < -0.4 is 4.74 Å². The van der Waals surface area contributed by atoms with Crippen LogP contribution in [0.3, 0.4) is 0 Å². The Bertz CT molecular complexity index is 515. The Kier molecular flexibility index (Phi) is 2.54. The van der Waals surface area contributed by atoms with E-state index in [4.69, 9.17) is 4.74 Å². The minimum Gasteiger partial charge on any atom is -0.480 e. The van der Waals surface area contributed by atoms with E-state index < -0.39 is 0 Å². The van der Waals surface area contributed by atoms with Crippen molar-refractivity contribution in [2.24, 2.45) is 0 Å². The van der Waals surface area contributed by atoms with Crippen LogP contribution in [0.2, 0.25) is 0 Å². The summed E-state index contributed by atoms with van der Waals surface area (Å²) in [4.78, 5) is 8.67. The van der Waals surface area contributed by atoms with Gasteiger partial charge in [0.1, 0.15) is 0 Å². The van der Waals surface area contributed by atoms with Crippen LogP contribution in [0.4, 0.5) is 0 Å². The van der Waals surface area contributed by atoms with Gasteiger partial charge in [0.05, 0.1) is 24.3 Å². The van der Waals surface area contributed by atoms with Crippen molar-refractivity contribution in [1.82, 2.24) is 9.97 Å². The fourth-order valence-electron chi connectivity index (χ4n) is 1.56. The molecule has 0 unspecified atom stereocenters. The smallest absolute Gasteiger partial charge is 0.232 e. The van der Waals surface area contributed by atoms with Gasteiger partial charge in [-0.1, -0.05) is 26.8 Å². The number of fused-ring (bicyclic) bond motifs is 1. The molecule has 0 saturated carbocycles. The van der Waals surface area contributed by atoms with Crippen LogP contribution in [-0.4, -0.2) is 17.1 Å². The van der Waals surface area contributed by atoms with Crippen molar-refractivity contribution in [2.75, 3.05) is 7.11 Å². The second kappa shape index (κ2) is 3.74. The molecule has 0 spiro atoms. The Balaban J connectivity index is 2.56. The molecule has 0 amide bonds. The first-order chi connectivity index (χ1) is 7.50. The fourth-order valence-corrected chi connectivity index (χ4v) is 1.56. The van der Waals surface area contributed by atoms with Gasteiger partial charge in [-0.05, 0) is 23.1 Å². The molecule has 84 valence electrons. The molecule has 0 radical (unpaired) electrons. The molecule has 0 saturated heterocycles. The molecule has 0 N–H and O–H groups in total. The first kappa shape index (κ1) is 10.9. The molecule has 0 bridgehead atoms. The summed E-state index contributed by atoms with van der Waals surface area (Å²) in [6.07, 6.45) is 1.65. The molecule has 2 aromatic rings. The van der Waals surface area contributed by atoms with Gasteiger partial charge in [0.15, 0.2) is 0 Å². The third-order valence-electron chi connectivity index (χ3n) is 2.60. The standard InChI is InChI=1S/C13H16N2O/c1-13(2,3)9-5-6-10-11(7-9)14-8-12(15-10)16-4/h5-8H,1-4H3. The summed E-state index contributed by atoms with van der Waals surface area (Å²) in [5.74, 6) is 0.552. The van der Waals surface area contributed by atoms with Crippen molar-refractivity contribution in [1.29, 1.82) is 0 Å². The lowest BCUT2D eigenvalue weighted by atomic mass is 9.87. The van der Waals surface area contributed by atoms with Crippen LogP contribution in [0, 0.1) is 0 Å². The van der Waals surface area contributed by atoms with Crippen molar-refractivity contribution in [3.8, 4) is 5.88 Å². The van der Waals surface area contributed by atoms with E-state index in [-0.39, 0.29) is 5.41 Å². The van der Waals surface area contributed by atoms with Crippen LogP contribution >= 0.6 is 0 Å². The second-order valence-electron chi connectivity index (χ2n) is 4.87. The predicted octanol–water partition coefficient (Wildman–Crippen LogP) is 2.94. The number of nitrogens with zero attached hydrogens (tertiary/aromatic N) is 2. The normalized spacial score (nSPS) is 11.8. The molecular weight excluding hydrogens is 200 g/mol. The average molecular weight is 216 g/mol. The summed E-state index contributed by atoms with van der Waals surface area (Å²) < 4.78 is 5.05. The highest BCUT2D eigenvalue weighted by Gasteiger charge is 2.14. The van der Waals surface area contributed by atoms with Crippen molar-refractivity contribution >= 4 is 11.0 Å². The van der Waals surface area contributed by atoms with E-state index in [9.17, 15) is 0 Å². The van der Waals surface area contributed by atoms with E-state index in [2.05, 4.69) is 42.9 Å². The molecule has 1 aromatic heterocycles. The Morgan fingerprint density at radius 1 is 1.12 bits per heavy atom. The molecule has 0 aliphatic rings. The Morgan fingerprint density at radius 3 is 2.50 bits per heavy atom. The first-order valence-electron chi connectivity index (χ1n) is 5.32. The Morgan fingerprint density at radius 2 is 1.88 bits per heavy atom. The van der Waals surface area contributed by atoms with Crippen LogP contribution in [0.15, 0.2) is 24.4 Å². The van der Waals surface area contributed by atoms with E-state index in [1.165, 1.54) is 5.56 Å². The van der Waals surface area contributed by atoms with Crippen molar-refractivity contribution < 1.29 is 4.74 Å². The zero-order valence-corrected chi connectivity index (χ0v) is 10.1. The molecule has 0 aliphatic carbocycles. The largest absolute Gasteiger partial charge is 0.480 e. The number of methoxy groups -OCH3 is 1. The number of hydrogen-bond donors (Lipinski definition) is 0. The zero-order valence-electron chi connectivity index (χ0n) is 10.1. The van der Waals surface area contributed by atoms with Gasteiger partial charge in [-0.3, -0.25) is 0 Å². The fraction of sp³-hybridized carbons (Fsp3) is 0.385. The molecule has 1 heterocycles. The molecule has 2 rings (SSSR count). The van der Waals surface area contributed by atoms with Gasteiger partial charge >= 0.3 is 0 Å². The van der Waals surface area contributed by atoms with Gasteiger partial charge in [0, 0.05) is 0 Å². The predicted molar refractivity (Wildman–Crippen MR) is 64.8 cm³/mol. The lowest BCUT2D eigenvalue weighted by Gasteiger charge is -2.18. The summed E-state index contributed by atoms with van der Waals surface area (Å²) in [7, 11) is 1.60. The molecule has 3 nitrogen and oxygen atoms in total. The summed E-state index contributed by atoms with van der Waals surface area (Å²) in [5.41, 5.74) is 3.18. The molecule has 1 aromatic carbocycles. The van der Waals surface area contributed by atoms with Gasteiger partial charge < -0.3 is 4.74 Å². The molecule has 0 atom stereocenters. The minimum absolute atomic E-state index is 0.135. The number of ether oxygens (including phenoxy) is 1. The Hall–Kier alpha value is -1.64. The summed E-state index contributed by atoms with van der Waals surface area (Å²) in [6, 6.07) is 6.17. The third-order valence-corrected chi connectivity index (χ3v) is 2.60. The van der Waals surface area contributed by atoms with Crippen LogP contribution in [0.5, 0.6) is 5.88 Å². The summed E-state index contributed by atoms with van der Waals surface area (Å²) in [6.45, 7) is 6.56. The molecule has 16 heavy (non-hydrogen) atoms. The number of aromatic nitrogens is 2. The Labute approximate surface area is 95.5 Å². The van der Waals surface area contributed by atoms with Gasteiger partial charge in [0.25, 0.3) is 0 Å². The molecule has 0 aliphatic heterocycles. The van der Waals surface area contributed by atoms with Crippen LogP contribution in [0.1, 0.15) is 26.3 Å². The van der Waals surface area contributed by atoms with Gasteiger partial charge in [-0.15, -0.1) is 0 Å². The quantitative estimate of drug-likeness (QED) is 0.735. The van der Waals surface area contributed by atoms with Crippen molar-refractivity contribution in [3.05, 3.63) is 30.0 Å². The third kappa shape index (κ3) is 1.98. The molecular formula is C13H16N2O. The van der Waals surface area contributed by atoms with E-state index in [0.717, 1.165) is 11.0 Å². The summed E-state index contributed by atoms with van der Waals surface area (Å²) >= 11 is 0. The van der Waals surface area contributed by atoms with E-state index in [1.54, 1.807) is 13.3 Å². The molecule has 3 heteroatoms. The highest BCUT2D eigenvalue weighted by molar-refractivity contribution is 5.75. The van der Waals surface area contributed by atoms with Gasteiger partial charge in [-0.2, -0.15) is 0 Å². The highest BCUT2D eigenvalue weighted by atomic mass is 16.5. The zero-order chi connectivity index (χ0) is 11.8. The number of rotatable bonds is 1. The molecule has 0 fully saturated rings. The number of hydrogen-bond acceptors (Lipinski definition) is 3. The van der Waals surface area contributed by atoms with E-state index >= 15 is 0 Å². The van der Waals surface area contributed by atoms with Crippen LogP contribution in [0.25, 0.3) is 11.0 Å². The number of benzene rings is 1. The minimum atomic E-state index is 0.135. The second-order valence-corrected chi connectivity index (χ2v) is 4.87. The van der Waals surface area contributed by atoms with Gasteiger partial charge in [-0.25, -0.2) is 9.97 Å². The maximum Gasteiger partial charge on any atom is 0.232 e. The topological polar surface area (TPSA) is 35.0 Å². The maximum atomic E-state index is 5.05. The highest BCUT2D eigenvalue weighted by Crippen LogP contribution is 2.25. The lowest BCUT2D eigenvalue weighted by molar-refractivity contribution is 0.397. The van der Waals surface area contributed by atoms with Crippen molar-refractivity contribution in [3.63, 3.8) is 0 Å². The maximum absolute atomic E-state index is 5.05. The van der Waals surface area contributed by atoms with Crippen LogP contribution in [-0.2, 0) is 5.41 Å². The first-order valence-corrected chi connectivity index (χ1v) is 5.32. The SMILES string of the molecule is COc1cnc2cc(C(C)(C)C)ccc2n1.